The molecule has 3 heteroatoms. The summed E-state index contributed by atoms with van der Waals surface area (Å²) in [6, 6.07) is 1.58. The van der Waals surface area contributed by atoms with Gasteiger partial charge in [0.25, 0.3) is 0 Å². The highest BCUT2D eigenvalue weighted by Crippen LogP contribution is 2.26. The first-order valence-electron chi connectivity index (χ1n) is 6.02. The average molecular weight is 200 g/mol. The van der Waals surface area contributed by atoms with Gasteiger partial charge in [-0.2, -0.15) is 0 Å². The minimum absolute atomic E-state index is 0.767. The molecule has 1 saturated carbocycles. The van der Waals surface area contributed by atoms with Crippen molar-refractivity contribution in [2.45, 2.75) is 44.7 Å². The van der Waals surface area contributed by atoms with E-state index in [2.05, 4.69) is 29.9 Å². The highest BCUT2D eigenvalue weighted by Gasteiger charge is 2.39. The number of hydrogen-bond acceptors (Lipinski definition) is 2. The standard InChI is InChI=1S/C11H25N3/c1-3-4-8-14(2)11-9-10(11)13-7-5-6-12/h10-11,13H,3-9,12H2,1-2H3/p+1. The van der Waals surface area contributed by atoms with Gasteiger partial charge in [0.15, 0.2) is 0 Å². The van der Waals surface area contributed by atoms with Crippen molar-refractivity contribution >= 4 is 0 Å². The van der Waals surface area contributed by atoms with E-state index in [-0.39, 0.29) is 0 Å². The van der Waals surface area contributed by atoms with Crippen LogP contribution in [0.2, 0.25) is 0 Å². The number of rotatable bonds is 8. The molecule has 0 aromatic carbocycles. The molecule has 0 heterocycles. The van der Waals surface area contributed by atoms with E-state index in [1.54, 1.807) is 0 Å². The number of hydrogen-bond donors (Lipinski definition) is 2. The van der Waals surface area contributed by atoms with E-state index in [4.69, 9.17) is 0 Å². The van der Waals surface area contributed by atoms with Crippen LogP contribution in [0.4, 0.5) is 0 Å². The number of nitrogens with zero attached hydrogens (tertiary/aromatic N) is 1. The topological polar surface area (TPSA) is 42.9 Å². The zero-order chi connectivity index (χ0) is 10.4. The fourth-order valence-electron chi connectivity index (χ4n) is 1.87. The van der Waals surface area contributed by atoms with Gasteiger partial charge in [0.05, 0.1) is 6.54 Å². The molecule has 3 nitrogen and oxygen atoms in total. The van der Waals surface area contributed by atoms with E-state index in [9.17, 15) is 0 Å². The van der Waals surface area contributed by atoms with Crippen LogP contribution in [0, 0.1) is 0 Å². The Kier molecular flexibility index (Phi) is 5.45. The smallest absolute Gasteiger partial charge is 0.0752 e. The van der Waals surface area contributed by atoms with Gasteiger partial charge in [-0.1, -0.05) is 13.3 Å². The van der Waals surface area contributed by atoms with Crippen LogP contribution in [0.15, 0.2) is 0 Å². The maximum Gasteiger partial charge on any atom is 0.0752 e. The van der Waals surface area contributed by atoms with Crippen LogP contribution in [0.1, 0.15) is 32.6 Å². The predicted octanol–water partition coefficient (Wildman–Crippen LogP) is 0.0808. The molecule has 4 N–H and O–H groups in total. The summed E-state index contributed by atoms with van der Waals surface area (Å²) < 4.78 is 0. The van der Waals surface area contributed by atoms with Gasteiger partial charge in [0.1, 0.15) is 0 Å². The Labute approximate surface area is 88.0 Å². The van der Waals surface area contributed by atoms with Crippen LogP contribution in [0.3, 0.4) is 0 Å². The average Bonchev–Trinajstić information content (AvgIpc) is 2.94. The molecule has 0 saturated heterocycles. The first-order chi connectivity index (χ1) is 6.79. The molecular formula is C11H26N3+. The normalized spacial score (nSPS) is 25.7. The van der Waals surface area contributed by atoms with Crippen molar-refractivity contribution < 1.29 is 5.73 Å². The molecule has 1 aliphatic rings. The van der Waals surface area contributed by atoms with E-state index in [1.165, 1.54) is 32.2 Å². The Hall–Kier alpha value is -0.120. The molecule has 0 aromatic heterocycles. The Bertz CT molecular complexity index is 149. The van der Waals surface area contributed by atoms with Gasteiger partial charge >= 0.3 is 0 Å². The second-order valence-corrected chi connectivity index (χ2v) is 4.40. The summed E-state index contributed by atoms with van der Waals surface area (Å²) >= 11 is 0. The molecule has 14 heavy (non-hydrogen) atoms. The lowest BCUT2D eigenvalue weighted by molar-refractivity contribution is -0.367. The zero-order valence-corrected chi connectivity index (χ0v) is 9.76. The van der Waals surface area contributed by atoms with Crippen LogP contribution in [-0.4, -0.2) is 43.7 Å². The summed E-state index contributed by atoms with van der Waals surface area (Å²) in [5.74, 6) is 0. The van der Waals surface area contributed by atoms with E-state index < -0.39 is 0 Å². The Morgan fingerprint density at radius 2 is 2.21 bits per heavy atom. The van der Waals surface area contributed by atoms with Crippen molar-refractivity contribution in [2.75, 3.05) is 26.7 Å². The predicted molar refractivity (Wildman–Crippen MR) is 60.1 cm³/mol. The van der Waals surface area contributed by atoms with E-state index in [0.717, 1.165) is 25.2 Å². The minimum atomic E-state index is 0.767. The van der Waals surface area contributed by atoms with Crippen molar-refractivity contribution in [1.82, 2.24) is 10.2 Å². The van der Waals surface area contributed by atoms with Crippen LogP contribution < -0.4 is 11.1 Å². The second kappa shape index (κ2) is 6.38. The number of quaternary nitrogens is 1. The lowest BCUT2D eigenvalue weighted by atomic mass is 10.3. The van der Waals surface area contributed by atoms with Gasteiger partial charge < -0.3 is 16.0 Å². The quantitative estimate of drug-likeness (QED) is 0.545. The zero-order valence-electron chi connectivity index (χ0n) is 9.76. The molecule has 0 aliphatic heterocycles. The summed E-state index contributed by atoms with van der Waals surface area (Å²) in [7, 11) is 2.25. The molecular weight excluding hydrogens is 174 g/mol. The van der Waals surface area contributed by atoms with Crippen molar-refractivity contribution in [3.8, 4) is 0 Å². The third-order valence-corrected chi connectivity index (χ3v) is 3.02. The Balaban J connectivity index is 2.00. The fraction of sp³-hybridized carbons (Fsp3) is 1.00. The lowest BCUT2D eigenvalue weighted by Gasteiger charge is -2.16. The molecule has 2 unspecified atom stereocenters. The summed E-state index contributed by atoms with van der Waals surface area (Å²) in [5, 5.41) is 3.58. The summed E-state index contributed by atoms with van der Waals surface area (Å²) in [5.41, 5.74) is 3.85. The van der Waals surface area contributed by atoms with Gasteiger partial charge in [0, 0.05) is 25.0 Å². The van der Waals surface area contributed by atoms with Crippen LogP contribution in [-0.2, 0) is 0 Å². The largest absolute Gasteiger partial charge is 0.358 e. The molecule has 0 aromatic rings. The molecule has 2 atom stereocenters. The van der Waals surface area contributed by atoms with E-state index >= 15 is 0 Å². The maximum atomic E-state index is 3.85. The third kappa shape index (κ3) is 3.95. The van der Waals surface area contributed by atoms with E-state index in [0.29, 0.717) is 0 Å². The Morgan fingerprint density at radius 3 is 2.86 bits per heavy atom. The molecule has 1 fully saturated rings. The molecule has 84 valence electrons. The van der Waals surface area contributed by atoms with Crippen LogP contribution >= 0.6 is 0 Å². The number of likely N-dealkylation sites (N-methyl/N-ethyl adjacent to an activating group) is 1. The third-order valence-electron chi connectivity index (χ3n) is 3.02. The van der Waals surface area contributed by atoms with Crippen molar-refractivity contribution in [2.24, 2.45) is 0 Å². The van der Waals surface area contributed by atoms with Gasteiger partial charge in [-0.3, -0.25) is 0 Å². The van der Waals surface area contributed by atoms with Crippen molar-refractivity contribution in [3.63, 3.8) is 0 Å². The summed E-state index contributed by atoms with van der Waals surface area (Å²) in [4.78, 5) is 2.51. The molecule has 0 amide bonds. The molecule has 0 bridgehead atoms. The first-order valence-corrected chi connectivity index (χ1v) is 6.02. The molecule has 1 aliphatic carbocycles. The highest BCUT2D eigenvalue weighted by molar-refractivity contribution is 5.00. The minimum Gasteiger partial charge on any atom is -0.358 e. The second-order valence-electron chi connectivity index (χ2n) is 4.40. The lowest BCUT2D eigenvalue weighted by Crippen LogP contribution is -2.51. The van der Waals surface area contributed by atoms with Gasteiger partial charge in [-0.25, -0.2) is 0 Å². The van der Waals surface area contributed by atoms with Crippen LogP contribution in [0.5, 0.6) is 0 Å². The number of nitrogens with one attached hydrogen (secondary N) is 1. The Morgan fingerprint density at radius 1 is 1.43 bits per heavy atom. The highest BCUT2D eigenvalue weighted by atomic mass is 15.2. The summed E-state index contributed by atoms with van der Waals surface area (Å²) in [6.45, 7) is 5.71. The van der Waals surface area contributed by atoms with Crippen molar-refractivity contribution in [3.05, 3.63) is 0 Å². The van der Waals surface area contributed by atoms with Crippen LogP contribution in [0.25, 0.3) is 0 Å². The van der Waals surface area contributed by atoms with Gasteiger partial charge in [0.2, 0.25) is 0 Å². The molecule has 0 radical (unpaired) electrons. The van der Waals surface area contributed by atoms with Crippen molar-refractivity contribution in [1.29, 1.82) is 0 Å². The number of unbranched alkanes of at least 4 members (excludes halogenated alkanes) is 1. The van der Waals surface area contributed by atoms with Gasteiger partial charge in [-0.05, 0) is 26.4 Å². The molecule has 1 rings (SSSR count). The fourth-order valence-corrected chi connectivity index (χ4v) is 1.87. The summed E-state index contributed by atoms with van der Waals surface area (Å²) in [6.07, 6.45) is 5.19. The maximum absolute atomic E-state index is 3.85. The monoisotopic (exact) mass is 200 g/mol. The van der Waals surface area contributed by atoms with E-state index in [1.807, 2.05) is 0 Å². The van der Waals surface area contributed by atoms with Gasteiger partial charge in [-0.15, -0.1) is 0 Å². The first kappa shape index (κ1) is 12.0. The SMILES string of the molecule is CCCCN(C)C1CC1NCCC[NH3+]. The molecule has 0 spiro atoms.